The lowest BCUT2D eigenvalue weighted by Gasteiger charge is -2.31. The van der Waals surface area contributed by atoms with Crippen LogP contribution in [-0.4, -0.2) is 86.5 Å². The SMILES string of the molecule is CCOC(=O)c1cc(OC(F)(F)C(F)OC(F)(F)C(F)(F)C(F)(F)F)c(C(=O)OCC)cc1OC(F)(F)C(F)OC(F)(F)C(F)(F)C(F)(F)F. The fourth-order valence-corrected chi connectivity index (χ4v) is 2.73. The third-order valence-electron chi connectivity index (χ3n) is 5.04. The zero-order valence-corrected chi connectivity index (χ0v) is 23.5. The smallest absolute Gasteiger partial charge is 0.462 e. The van der Waals surface area contributed by atoms with Gasteiger partial charge in [-0.2, -0.15) is 79.0 Å². The van der Waals surface area contributed by atoms with Crippen molar-refractivity contribution in [1.82, 2.24) is 0 Å². The van der Waals surface area contributed by atoms with E-state index >= 15 is 0 Å². The first-order valence-electron chi connectivity index (χ1n) is 12.1. The molecule has 0 aromatic heterocycles. The summed E-state index contributed by atoms with van der Waals surface area (Å²) in [7, 11) is 0. The van der Waals surface area contributed by atoms with Crippen molar-refractivity contribution in [2.75, 3.05) is 13.2 Å². The summed E-state index contributed by atoms with van der Waals surface area (Å²) in [4.78, 5) is 24.6. The molecule has 290 valence electrons. The zero-order chi connectivity index (χ0) is 39.7. The average molecular weight is 786 g/mol. The molecule has 1 aromatic carbocycles. The van der Waals surface area contributed by atoms with Crippen LogP contribution in [0.2, 0.25) is 0 Å². The monoisotopic (exact) mass is 786 g/mol. The van der Waals surface area contributed by atoms with Crippen molar-refractivity contribution in [2.24, 2.45) is 0 Å². The van der Waals surface area contributed by atoms with E-state index in [0.29, 0.717) is 0 Å². The Morgan fingerprint density at radius 3 is 1.02 bits per heavy atom. The third kappa shape index (κ3) is 9.33. The summed E-state index contributed by atoms with van der Waals surface area (Å²) in [5.74, 6) is -23.3. The summed E-state index contributed by atoms with van der Waals surface area (Å²) in [5, 5.41) is 0. The molecule has 2 unspecified atom stereocenters. The van der Waals surface area contributed by atoms with E-state index in [1.807, 2.05) is 0 Å². The fourth-order valence-electron chi connectivity index (χ4n) is 2.73. The van der Waals surface area contributed by atoms with Crippen LogP contribution in [0.5, 0.6) is 11.5 Å². The van der Waals surface area contributed by atoms with Crippen molar-refractivity contribution in [2.45, 2.75) is 75.2 Å². The van der Waals surface area contributed by atoms with E-state index in [2.05, 4.69) is 28.4 Å². The Balaban J connectivity index is 3.77. The van der Waals surface area contributed by atoms with Crippen LogP contribution in [0.4, 0.5) is 87.8 Å². The molecule has 1 rings (SSSR count). The van der Waals surface area contributed by atoms with Gasteiger partial charge in [0.25, 0.3) is 0 Å². The molecular weight excluding hydrogens is 772 g/mol. The summed E-state index contributed by atoms with van der Waals surface area (Å²) in [6, 6.07) is -1.03. The van der Waals surface area contributed by atoms with Crippen LogP contribution in [0.15, 0.2) is 12.1 Å². The van der Waals surface area contributed by atoms with E-state index in [0.717, 1.165) is 13.8 Å². The maximum Gasteiger partial charge on any atom is 0.462 e. The maximum atomic E-state index is 14.4. The second kappa shape index (κ2) is 14.5. The van der Waals surface area contributed by atoms with Crippen LogP contribution in [0, 0.1) is 0 Å². The topological polar surface area (TPSA) is 89.5 Å². The average Bonchev–Trinajstić information content (AvgIpc) is 2.91. The van der Waals surface area contributed by atoms with Gasteiger partial charge in [0.1, 0.15) is 22.6 Å². The van der Waals surface area contributed by atoms with Gasteiger partial charge in [0.15, 0.2) is 0 Å². The van der Waals surface area contributed by atoms with Gasteiger partial charge in [0.05, 0.1) is 13.2 Å². The molecule has 0 aliphatic rings. The molecule has 0 amide bonds. The highest BCUT2D eigenvalue weighted by Crippen LogP contribution is 2.50. The van der Waals surface area contributed by atoms with Gasteiger partial charge in [-0.1, -0.05) is 0 Å². The van der Waals surface area contributed by atoms with E-state index in [1.165, 1.54) is 0 Å². The van der Waals surface area contributed by atoms with E-state index in [-0.39, 0.29) is 0 Å². The summed E-state index contributed by atoms with van der Waals surface area (Å²) in [6.07, 6.45) is -52.0. The van der Waals surface area contributed by atoms with Gasteiger partial charge < -0.3 is 18.9 Å². The van der Waals surface area contributed by atoms with E-state index in [1.54, 1.807) is 0 Å². The first kappa shape index (κ1) is 44.3. The molecule has 0 aliphatic heterocycles. The minimum Gasteiger partial charge on any atom is -0.462 e. The molecule has 0 radical (unpaired) electrons. The zero-order valence-electron chi connectivity index (χ0n) is 23.5. The predicted molar refractivity (Wildman–Crippen MR) is 113 cm³/mol. The highest BCUT2D eigenvalue weighted by molar-refractivity contribution is 5.98. The van der Waals surface area contributed by atoms with Crippen LogP contribution in [0.25, 0.3) is 0 Å². The minimum atomic E-state index is -7.36. The number of carbonyl (C=O) groups excluding carboxylic acids is 2. The predicted octanol–water partition coefficient (Wildman–Crippen LogP) is 8.19. The molecule has 0 fully saturated rings. The Kier molecular flexibility index (Phi) is 12.8. The van der Waals surface area contributed by atoms with Gasteiger partial charge in [-0.05, 0) is 26.0 Å². The van der Waals surface area contributed by atoms with Crippen molar-refractivity contribution in [3.8, 4) is 11.5 Å². The number of hydrogen-bond acceptors (Lipinski definition) is 8. The van der Waals surface area contributed by atoms with Gasteiger partial charge in [0.2, 0.25) is 0 Å². The van der Waals surface area contributed by atoms with Crippen molar-refractivity contribution >= 4 is 11.9 Å². The summed E-state index contributed by atoms with van der Waals surface area (Å²) in [5.41, 5.74) is -3.81. The Hall–Kier alpha value is -3.72. The van der Waals surface area contributed by atoms with Crippen LogP contribution in [0.3, 0.4) is 0 Å². The highest BCUT2D eigenvalue weighted by Gasteiger charge is 2.77. The molecule has 0 bridgehead atoms. The lowest BCUT2D eigenvalue weighted by Crippen LogP contribution is -2.56. The molecule has 0 aliphatic carbocycles. The number of alkyl halides is 20. The van der Waals surface area contributed by atoms with Crippen molar-refractivity contribution < 1.29 is 126 Å². The second-order valence-corrected chi connectivity index (χ2v) is 8.66. The second-order valence-electron chi connectivity index (χ2n) is 8.66. The molecule has 1 aromatic rings. The van der Waals surface area contributed by atoms with Gasteiger partial charge in [-0.3, -0.25) is 9.47 Å². The molecular formula is C22H14F20O8. The normalized spacial score (nSPS) is 15.3. The van der Waals surface area contributed by atoms with Gasteiger partial charge in [-0.15, -0.1) is 0 Å². The number of benzene rings is 1. The molecule has 0 heterocycles. The van der Waals surface area contributed by atoms with Crippen LogP contribution in [-0.2, 0) is 18.9 Å². The standard InChI is InChI=1S/C22H14F20O8/c1-3-45-11(43)7-5-10(48-16(27,28)14(24)50-22(41,42)18(31,32)20(36,37)38)8(12(44)46-4-2)6-9(7)47-15(25,26)13(23)49-21(39,40)17(29,30)19(33,34)35/h5-6,13-14H,3-4H2,1-2H3. The Morgan fingerprint density at radius 1 is 0.540 bits per heavy atom. The molecule has 0 spiro atoms. The van der Waals surface area contributed by atoms with Gasteiger partial charge >= 0.3 is 73.3 Å². The number of ether oxygens (including phenoxy) is 6. The molecule has 28 heteroatoms. The number of rotatable bonds is 16. The molecule has 2 atom stereocenters. The van der Waals surface area contributed by atoms with E-state index in [4.69, 9.17) is 0 Å². The third-order valence-corrected chi connectivity index (χ3v) is 5.04. The Morgan fingerprint density at radius 2 is 0.800 bits per heavy atom. The molecule has 0 saturated heterocycles. The van der Waals surface area contributed by atoms with Crippen molar-refractivity contribution in [3.63, 3.8) is 0 Å². The quantitative estimate of drug-likeness (QED) is 0.123. The largest absolute Gasteiger partial charge is 0.462 e. The fraction of sp³-hybridized carbons (Fsp3) is 0.636. The Labute approximate surface area is 262 Å². The molecule has 8 nitrogen and oxygen atoms in total. The van der Waals surface area contributed by atoms with Crippen LogP contribution >= 0.6 is 0 Å². The van der Waals surface area contributed by atoms with Gasteiger partial charge in [-0.25, -0.2) is 18.4 Å². The number of hydrogen-bond donors (Lipinski definition) is 0. The lowest BCUT2D eigenvalue weighted by atomic mass is 10.1. The molecule has 0 saturated carbocycles. The number of carbonyl (C=O) groups is 2. The maximum absolute atomic E-state index is 14.4. The Bertz CT molecular complexity index is 1260. The van der Waals surface area contributed by atoms with Crippen LogP contribution in [0.1, 0.15) is 34.6 Å². The highest BCUT2D eigenvalue weighted by atomic mass is 19.4. The van der Waals surface area contributed by atoms with E-state index in [9.17, 15) is 97.4 Å². The number of esters is 2. The van der Waals surface area contributed by atoms with Crippen molar-refractivity contribution in [3.05, 3.63) is 23.3 Å². The summed E-state index contributed by atoms with van der Waals surface area (Å²) >= 11 is 0. The number of halogens is 20. The summed E-state index contributed by atoms with van der Waals surface area (Å²) in [6.45, 7) is 0.109. The molecule has 0 N–H and O–H groups in total. The first-order valence-corrected chi connectivity index (χ1v) is 12.1. The first-order chi connectivity index (χ1) is 22.1. The molecule has 50 heavy (non-hydrogen) atoms. The van der Waals surface area contributed by atoms with Gasteiger partial charge in [0, 0.05) is 0 Å². The van der Waals surface area contributed by atoms with E-state index < -0.39 is 121 Å². The van der Waals surface area contributed by atoms with Crippen LogP contribution < -0.4 is 9.47 Å². The minimum absolute atomic E-state index is 0.515. The van der Waals surface area contributed by atoms with Crippen molar-refractivity contribution in [1.29, 1.82) is 0 Å². The summed E-state index contributed by atoms with van der Waals surface area (Å²) < 4.78 is 284. The lowest BCUT2D eigenvalue weighted by molar-refractivity contribution is -0.460.